The molecule has 0 radical (unpaired) electrons. The second kappa shape index (κ2) is 20.9. The Kier molecular flexibility index (Phi) is 14.5. The van der Waals surface area contributed by atoms with Crippen LogP contribution in [0.1, 0.15) is 114 Å². The summed E-state index contributed by atoms with van der Waals surface area (Å²) in [6.45, 7) is 17.3. The normalized spacial score (nSPS) is 28.4. The number of nitrogens with zero attached hydrogens (tertiary/aromatic N) is 6. The van der Waals surface area contributed by atoms with Crippen LogP contribution in [-0.2, 0) is 55.8 Å². The van der Waals surface area contributed by atoms with Crippen molar-refractivity contribution in [3.63, 3.8) is 0 Å². The zero-order valence-corrected chi connectivity index (χ0v) is 44.3. The van der Waals surface area contributed by atoms with Gasteiger partial charge in [-0.15, -0.1) is 11.3 Å². The van der Waals surface area contributed by atoms with Crippen molar-refractivity contribution in [2.45, 2.75) is 147 Å². The number of cyclic esters (lactones) is 1. The average Bonchev–Trinajstić information content (AvgIpc) is 3.75. The first-order chi connectivity index (χ1) is 35.3. The van der Waals surface area contributed by atoms with E-state index in [1.807, 2.05) is 25.4 Å². The molecule has 5 saturated heterocycles. The fourth-order valence-corrected chi connectivity index (χ4v) is 13.1. The smallest absolute Gasteiger partial charge is 0.324 e. The first-order valence-corrected chi connectivity index (χ1v) is 27.9. The van der Waals surface area contributed by atoms with Crippen LogP contribution in [0.15, 0.2) is 35.8 Å². The summed E-state index contributed by atoms with van der Waals surface area (Å²) in [5.74, 6) is -0.871. The van der Waals surface area contributed by atoms with E-state index >= 15 is 0 Å². The molecule has 73 heavy (non-hydrogen) atoms. The molecule has 9 heterocycles. The van der Waals surface area contributed by atoms with Crippen LogP contribution in [0.5, 0.6) is 0 Å². The van der Waals surface area contributed by atoms with Crippen molar-refractivity contribution in [2.24, 2.45) is 11.3 Å². The highest BCUT2D eigenvalue weighted by molar-refractivity contribution is 7.10. The van der Waals surface area contributed by atoms with Crippen molar-refractivity contribution in [2.75, 3.05) is 77.8 Å². The van der Waals surface area contributed by atoms with Crippen molar-refractivity contribution in [1.82, 2.24) is 35.2 Å². The van der Waals surface area contributed by atoms with Crippen LogP contribution in [0.4, 0.5) is 5.69 Å². The van der Waals surface area contributed by atoms with Crippen LogP contribution >= 0.6 is 11.3 Å². The number of piperazine rings is 1. The van der Waals surface area contributed by atoms with Crippen LogP contribution in [0.25, 0.3) is 33.4 Å². The summed E-state index contributed by atoms with van der Waals surface area (Å²) in [6, 6.07) is 7.64. The van der Waals surface area contributed by atoms with E-state index in [0.717, 1.165) is 95.4 Å². The first-order valence-electron chi connectivity index (χ1n) is 27.0. The zero-order chi connectivity index (χ0) is 50.6. The van der Waals surface area contributed by atoms with Crippen LogP contribution in [0.2, 0.25) is 0 Å². The third-order valence-electron chi connectivity index (χ3n) is 16.6. The summed E-state index contributed by atoms with van der Waals surface area (Å²) in [5.41, 5.74) is 9.40. The molecule has 8 bridgehead atoms. The third kappa shape index (κ3) is 10.2. The molecule has 6 aliphatic heterocycles. The molecule has 2 aliphatic carbocycles. The van der Waals surface area contributed by atoms with Gasteiger partial charge < -0.3 is 43.2 Å². The van der Waals surface area contributed by atoms with E-state index in [1.54, 1.807) is 7.11 Å². The molecule has 1 aromatic carbocycles. The standard InChI is InChI=1S/C55H74N8O9S/c1-7-69-49-47(58-53(66)55-27-36(28-55)33(2)72-55)51(64)63-16-8-9-43(59-63)52(65)71-32-54(4,5)29-42-40-25-35(44-31-73-50(49)57-44)10-13-45(40)62(21-24-70-39-14-22-68-23-15-39)48(42)41-26-38(30-56-46(41)34(3)67-6)61-19-17-60(18-20-61)37-11-12-37/h10,13,25-26,30-31,33-34,36-37,39,43,47,49,59H,7-9,11-12,14-24,27-29,32H2,1-6H3,(H,58,66)/t33-,34-,36?,43-,47-,49-,55?/m0/s1. The number of rotatable bonds is 13. The number of thiazole rings is 1. The Bertz CT molecular complexity index is 2670. The number of benzene rings is 1. The number of pyridine rings is 1. The Hall–Kier alpha value is -4.53. The lowest BCUT2D eigenvalue weighted by Crippen LogP contribution is -2.63. The molecule has 0 unspecified atom stereocenters. The fourth-order valence-electron chi connectivity index (χ4n) is 12.2. The van der Waals surface area contributed by atoms with Crippen molar-refractivity contribution in [3.8, 4) is 22.5 Å². The fraction of sp³-hybridized carbons (Fsp3) is 0.655. The Morgan fingerprint density at radius 2 is 1.82 bits per heavy atom. The lowest BCUT2D eigenvalue weighted by atomic mass is 9.72. The van der Waals surface area contributed by atoms with Gasteiger partial charge in [-0.25, -0.2) is 10.4 Å². The van der Waals surface area contributed by atoms with Crippen LogP contribution in [0.3, 0.4) is 0 Å². The highest BCUT2D eigenvalue weighted by Gasteiger charge is 2.61. The molecule has 0 spiro atoms. The Labute approximate surface area is 432 Å². The second-order valence-electron chi connectivity index (χ2n) is 22.3. The summed E-state index contributed by atoms with van der Waals surface area (Å²) < 4.78 is 39.8. The number of esters is 1. The minimum absolute atomic E-state index is 0.0386. The van der Waals surface area contributed by atoms with E-state index in [0.29, 0.717) is 75.9 Å². The largest absolute Gasteiger partial charge is 0.464 e. The molecule has 17 nitrogen and oxygen atoms in total. The molecule has 8 aliphatic rings. The number of ether oxygens (including phenoxy) is 6. The zero-order valence-electron chi connectivity index (χ0n) is 43.5. The molecule has 2 saturated carbocycles. The summed E-state index contributed by atoms with van der Waals surface area (Å²) >= 11 is 1.40. The van der Waals surface area contributed by atoms with Gasteiger partial charge in [0, 0.05) is 105 Å². The molecule has 394 valence electrons. The maximum atomic E-state index is 14.9. The monoisotopic (exact) mass is 1020 g/mol. The van der Waals surface area contributed by atoms with Gasteiger partial charge in [-0.2, -0.15) is 0 Å². The van der Waals surface area contributed by atoms with E-state index in [1.165, 1.54) is 29.2 Å². The molecule has 18 heteroatoms. The van der Waals surface area contributed by atoms with Gasteiger partial charge in [0.1, 0.15) is 28.8 Å². The highest BCUT2D eigenvalue weighted by atomic mass is 32.1. The number of carbonyl (C=O) groups is 3. The number of methoxy groups -OCH3 is 1. The molecule has 4 aromatic rings. The van der Waals surface area contributed by atoms with Gasteiger partial charge in [-0.3, -0.25) is 29.3 Å². The molecule has 2 amide bonds. The number of hydrogen-bond donors (Lipinski definition) is 2. The number of nitrogens with one attached hydrogen (secondary N) is 2. The van der Waals surface area contributed by atoms with E-state index in [9.17, 15) is 14.4 Å². The number of anilines is 1. The maximum absolute atomic E-state index is 14.9. The summed E-state index contributed by atoms with van der Waals surface area (Å²) in [7, 11) is 1.74. The number of hydrazine groups is 1. The number of fused-ring (bicyclic) bond motifs is 7. The SMILES string of the molecule is CCO[C@@H]1c2nc(cs2)-c2ccc3c(c2)c(c(-c2cc(N4CCN(C5CC5)CC4)cnc2[C@H](C)OC)n3CCOC2CCOCC2)CC(C)(C)COC(=O)[C@@H]2CCCN(N2)C(=O)[C@H]1NC(=O)C12CC(C1)[C@H](C)O2. The van der Waals surface area contributed by atoms with Gasteiger partial charge in [0.15, 0.2) is 0 Å². The minimum atomic E-state index is -1.16. The second-order valence-corrected chi connectivity index (χ2v) is 23.2. The van der Waals surface area contributed by atoms with Gasteiger partial charge in [-0.05, 0) is 108 Å². The molecular formula is C55H74N8O9S. The van der Waals surface area contributed by atoms with Gasteiger partial charge in [0.25, 0.3) is 11.8 Å². The quantitative estimate of drug-likeness (QED) is 0.135. The average molecular weight is 1020 g/mol. The molecule has 3 aromatic heterocycles. The van der Waals surface area contributed by atoms with Gasteiger partial charge >= 0.3 is 5.97 Å². The maximum Gasteiger partial charge on any atom is 0.324 e. The van der Waals surface area contributed by atoms with Crippen molar-refractivity contribution >= 4 is 45.7 Å². The van der Waals surface area contributed by atoms with Gasteiger partial charge in [0.05, 0.1) is 60.5 Å². The molecular weight excluding hydrogens is 949 g/mol. The van der Waals surface area contributed by atoms with Gasteiger partial charge in [-0.1, -0.05) is 19.9 Å². The molecule has 5 atom stereocenters. The Morgan fingerprint density at radius 1 is 1.03 bits per heavy atom. The predicted octanol–water partition coefficient (Wildman–Crippen LogP) is 6.77. The first kappa shape index (κ1) is 50.6. The number of carbonyl (C=O) groups excluding carboxylic acids is 3. The lowest BCUT2D eigenvalue weighted by molar-refractivity contribution is -0.159. The number of hydrogen-bond acceptors (Lipinski definition) is 15. The summed E-state index contributed by atoms with van der Waals surface area (Å²) in [4.78, 5) is 59.0. The van der Waals surface area contributed by atoms with Crippen molar-refractivity contribution < 1.29 is 42.8 Å². The molecule has 12 rings (SSSR count). The summed E-state index contributed by atoms with van der Waals surface area (Å²) in [5, 5.41) is 8.18. The highest BCUT2D eigenvalue weighted by Crippen LogP contribution is 2.52. The molecule has 7 fully saturated rings. The number of aromatic nitrogens is 3. The Balaban J connectivity index is 1.04. The topological polar surface area (TPSA) is 171 Å². The van der Waals surface area contributed by atoms with E-state index < -0.39 is 41.1 Å². The predicted molar refractivity (Wildman–Crippen MR) is 277 cm³/mol. The van der Waals surface area contributed by atoms with Gasteiger partial charge in [0.2, 0.25) is 0 Å². The number of amides is 2. The van der Waals surface area contributed by atoms with Crippen molar-refractivity contribution in [3.05, 3.63) is 52.1 Å². The Morgan fingerprint density at radius 3 is 2.55 bits per heavy atom. The van der Waals surface area contributed by atoms with Crippen molar-refractivity contribution in [1.29, 1.82) is 0 Å². The lowest BCUT2D eigenvalue weighted by Gasteiger charge is -2.39. The van der Waals surface area contributed by atoms with Crippen LogP contribution < -0.4 is 15.6 Å². The minimum Gasteiger partial charge on any atom is -0.464 e. The molecule has 2 N–H and O–H groups in total. The van der Waals surface area contributed by atoms with Crippen LogP contribution in [0, 0.1) is 11.3 Å². The van der Waals surface area contributed by atoms with E-state index in [2.05, 4.69) is 70.1 Å². The third-order valence-corrected chi connectivity index (χ3v) is 17.5. The van der Waals surface area contributed by atoms with E-state index in [4.69, 9.17) is 38.4 Å². The van der Waals surface area contributed by atoms with Crippen LogP contribution in [-0.4, -0.2) is 151 Å². The summed E-state index contributed by atoms with van der Waals surface area (Å²) in [6.07, 6.45) is 7.98. The van der Waals surface area contributed by atoms with E-state index in [-0.39, 0.29) is 37.4 Å².